The van der Waals surface area contributed by atoms with Crippen LogP contribution in [-0.2, 0) is 32.2 Å². The number of imidazole rings is 1. The van der Waals surface area contributed by atoms with Crippen molar-refractivity contribution >= 4 is 30.9 Å². The van der Waals surface area contributed by atoms with Crippen LogP contribution in [0.15, 0.2) is 58.3 Å². The van der Waals surface area contributed by atoms with Crippen LogP contribution in [0.2, 0.25) is 0 Å². The molecule has 0 unspecified atom stereocenters. The van der Waals surface area contributed by atoms with E-state index in [2.05, 4.69) is 4.98 Å². The van der Waals surface area contributed by atoms with Gasteiger partial charge in [0.05, 0.1) is 20.8 Å². The lowest BCUT2D eigenvalue weighted by atomic mass is 10.3. The minimum Gasteiger partial charge on any atom is -0.327 e. The van der Waals surface area contributed by atoms with Crippen LogP contribution in [0.25, 0.3) is 11.0 Å². The second-order valence-electron chi connectivity index (χ2n) is 6.28. The van der Waals surface area contributed by atoms with E-state index in [4.69, 9.17) is 0 Å². The van der Waals surface area contributed by atoms with Gasteiger partial charge in [0.2, 0.25) is 10.0 Å². The predicted molar refractivity (Wildman–Crippen MR) is 104 cm³/mol. The SMILES string of the molecule is CCn1c(CS(=O)(=O)c2ccccc2)nc2cc(S(=O)(=O)N(C)C)ccc21. The Balaban J connectivity index is 2.09. The third-order valence-corrected chi connectivity index (χ3v) is 7.75. The number of hydrogen-bond donors (Lipinski definition) is 0. The molecule has 144 valence electrons. The minimum atomic E-state index is -3.59. The lowest BCUT2D eigenvalue weighted by molar-refractivity contribution is 0.521. The summed E-state index contributed by atoms with van der Waals surface area (Å²) in [5, 5.41) is 0. The summed E-state index contributed by atoms with van der Waals surface area (Å²) in [6, 6.07) is 12.9. The van der Waals surface area contributed by atoms with Gasteiger partial charge in [0.15, 0.2) is 9.84 Å². The van der Waals surface area contributed by atoms with Crippen molar-refractivity contribution in [3.05, 3.63) is 54.4 Å². The summed E-state index contributed by atoms with van der Waals surface area (Å²) >= 11 is 0. The Hall–Kier alpha value is -2.23. The van der Waals surface area contributed by atoms with Crippen molar-refractivity contribution in [1.29, 1.82) is 0 Å². The maximum absolute atomic E-state index is 12.7. The summed E-state index contributed by atoms with van der Waals surface area (Å²) in [6.45, 7) is 2.42. The molecule has 0 amide bonds. The molecule has 9 heteroatoms. The molecule has 0 aliphatic heterocycles. The van der Waals surface area contributed by atoms with Crippen molar-refractivity contribution in [2.45, 2.75) is 29.0 Å². The van der Waals surface area contributed by atoms with E-state index in [0.29, 0.717) is 23.4 Å². The van der Waals surface area contributed by atoms with Gasteiger partial charge < -0.3 is 4.57 Å². The average Bonchev–Trinajstić information content (AvgIpc) is 2.97. The van der Waals surface area contributed by atoms with Gasteiger partial charge in [-0.25, -0.2) is 26.1 Å². The zero-order valence-electron chi connectivity index (χ0n) is 15.3. The van der Waals surface area contributed by atoms with E-state index in [1.807, 2.05) is 6.92 Å². The first-order chi connectivity index (χ1) is 12.7. The first-order valence-electron chi connectivity index (χ1n) is 8.36. The van der Waals surface area contributed by atoms with Crippen molar-refractivity contribution in [2.24, 2.45) is 0 Å². The molecule has 0 N–H and O–H groups in total. The normalized spacial score (nSPS) is 12.7. The number of benzene rings is 2. The highest BCUT2D eigenvalue weighted by molar-refractivity contribution is 7.90. The van der Waals surface area contributed by atoms with Gasteiger partial charge in [-0.2, -0.15) is 0 Å². The molecule has 0 saturated heterocycles. The Morgan fingerprint density at radius 1 is 0.963 bits per heavy atom. The van der Waals surface area contributed by atoms with Crippen LogP contribution < -0.4 is 0 Å². The Morgan fingerprint density at radius 2 is 1.63 bits per heavy atom. The number of hydrogen-bond acceptors (Lipinski definition) is 5. The summed E-state index contributed by atoms with van der Waals surface area (Å²) < 4.78 is 53.0. The van der Waals surface area contributed by atoms with Gasteiger partial charge >= 0.3 is 0 Å². The molecule has 27 heavy (non-hydrogen) atoms. The quantitative estimate of drug-likeness (QED) is 0.625. The molecule has 0 atom stereocenters. The molecule has 0 aliphatic rings. The van der Waals surface area contributed by atoms with E-state index in [-0.39, 0.29) is 15.5 Å². The minimum absolute atomic E-state index is 0.123. The summed E-state index contributed by atoms with van der Waals surface area (Å²) in [5.74, 6) is 0.130. The number of fused-ring (bicyclic) bond motifs is 1. The molecule has 0 radical (unpaired) electrons. The van der Waals surface area contributed by atoms with E-state index < -0.39 is 19.9 Å². The first-order valence-corrected chi connectivity index (χ1v) is 11.5. The van der Waals surface area contributed by atoms with Crippen molar-refractivity contribution in [3.8, 4) is 0 Å². The topological polar surface area (TPSA) is 89.3 Å². The van der Waals surface area contributed by atoms with Crippen LogP contribution in [0.1, 0.15) is 12.7 Å². The van der Waals surface area contributed by atoms with E-state index in [0.717, 1.165) is 4.31 Å². The van der Waals surface area contributed by atoms with Gasteiger partial charge in [-0.1, -0.05) is 18.2 Å². The summed E-state index contributed by atoms with van der Waals surface area (Å²) in [4.78, 5) is 4.78. The summed E-state index contributed by atoms with van der Waals surface area (Å²) in [6.07, 6.45) is 0. The van der Waals surface area contributed by atoms with Crippen LogP contribution in [-0.4, -0.2) is 44.8 Å². The third-order valence-electron chi connectivity index (χ3n) is 4.31. The molecule has 3 aromatic rings. The van der Waals surface area contributed by atoms with Gasteiger partial charge in [-0.05, 0) is 37.3 Å². The number of sulfonamides is 1. The van der Waals surface area contributed by atoms with Gasteiger partial charge in [-0.15, -0.1) is 0 Å². The number of aryl methyl sites for hydroxylation is 1. The fraction of sp³-hybridized carbons (Fsp3) is 0.278. The van der Waals surface area contributed by atoms with E-state index in [9.17, 15) is 16.8 Å². The monoisotopic (exact) mass is 407 g/mol. The molecular weight excluding hydrogens is 386 g/mol. The van der Waals surface area contributed by atoms with E-state index in [1.54, 1.807) is 41.0 Å². The number of sulfone groups is 1. The zero-order valence-corrected chi connectivity index (χ0v) is 17.0. The second-order valence-corrected chi connectivity index (χ2v) is 10.4. The van der Waals surface area contributed by atoms with Crippen molar-refractivity contribution in [2.75, 3.05) is 14.1 Å². The number of rotatable bonds is 6. The highest BCUT2D eigenvalue weighted by Gasteiger charge is 2.22. The Morgan fingerprint density at radius 3 is 2.22 bits per heavy atom. The zero-order chi connectivity index (χ0) is 19.8. The maximum Gasteiger partial charge on any atom is 0.242 e. The van der Waals surface area contributed by atoms with Crippen LogP contribution in [0.3, 0.4) is 0 Å². The number of aromatic nitrogens is 2. The Bertz CT molecular complexity index is 1180. The molecule has 0 fully saturated rings. The molecular formula is C18H21N3O4S2. The predicted octanol–water partition coefficient (Wildman–Crippen LogP) is 2.28. The number of nitrogens with zero attached hydrogens (tertiary/aromatic N) is 3. The molecule has 1 aromatic heterocycles. The van der Waals surface area contributed by atoms with Gasteiger partial charge in [0.1, 0.15) is 11.6 Å². The lowest BCUT2D eigenvalue weighted by Gasteiger charge is -2.11. The van der Waals surface area contributed by atoms with E-state index >= 15 is 0 Å². The van der Waals surface area contributed by atoms with Crippen LogP contribution >= 0.6 is 0 Å². The second kappa shape index (κ2) is 7.06. The van der Waals surface area contributed by atoms with Crippen molar-refractivity contribution in [1.82, 2.24) is 13.9 Å². The van der Waals surface area contributed by atoms with Crippen LogP contribution in [0.5, 0.6) is 0 Å². The molecule has 7 nitrogen and oxygen atoms in total. The molecule has 0 bridgehead atoms. The molecule has 0 spiro atoms. The average molecular weight is 408 g/mol. The molecule has 2 aromatic carbocycles. The Kier molecular flexibility index (Phi) is 5.11. The summed E-state index contributed by atoms with van der Waals surface area (Å²) in [7, 11) is -4.23. The van der Waals surface area contributed by atoms with Gasteiger partial charge in [0.25, 0.3) is 0 Å². The lowest BCUT2D eigenvalue weighted by Crippen LogP contribution is -2.22. The molecule has 0 saturated carbocycles. The largest absolute Gasteiger partial charge is 0.327 e. The van der Waals surface area contributed by atoms with Crippen LogP contribution in [0, 0.1) is 0 Å². The Labute approximate surface area is 159 Å². The highest BCUT2D eigenvalue weighted by Crippen LogP contribution is 2.24. The van der Waals surface area contributed by atoms with E-state index in [1.165, 1.54) is 26.2 Å². The highest BCUT2D eigenvalue weighted by atomic mass is 32.2. The molecule has 1 heterocycles. The molecule has 0 aliphatic carbocycles. The fourth-order valence-corrected chi connectivity index (χ4v) is 5.10. The van der Waals surface area contributed by atoms with Gasteiger partial charge in [-0.3, -0.25) is 0 Å². The maximum atomic E-state index is 12.7. The summed E-state index contributed by atoms with van der Waals surface area (Å²) in [5.41, 5.74) is 1.16. The fourth-order valence-electron chi connectivity index (χ4n) is 2.87. The van der Waals surface area contributed by atoms with Crippen molar-refractivity contribution in [3.63, 3.8) is 0 Å². The van der Waals surface area contributed by atoms with Crippen LogP contribution in [0.4, 0.5) is 0 Å². The first kappa shape index (κ1) is 19.5. The molecule has 3 rings (SSSR count). The van der Waals surface area contributed by atoms with Crippen molar-refractivity contribution < 1.29 is 16.8 Å². The van der Waals surface area contributed by atoms with Gasteiger partial charge in [0, 0.05) is 20.6 Å². The smallest absolute Gasteiger partial charge is 0.242 e. The standard InChI is InChI=1S/C18H21N3O4S2/c1-4-21-17-11-10-15(27(24,25)20(2)3)12-16(17)19-18(21)13-26(22,23)14-8-6-5-7-9-14/h5-12H,4,13H2,1-3H3. The third kappa shape index (κ3) is 3.62.